The molecule has 0 amide bonds. The van der Waals surface area contributed by atoms with Crippen LogP contribution in [-0.2, 0) is 11.2 Å². The molecule has 0 bridgehead atoms. The summed E-state index contributed by atoms with van der Waals surface area (Å²) in [5, 5.41) is 11.0. The fourth-order valence-corrected chi connectivity index (χ4v) is 4.02. The van der Waals surface area contributed by atoms with E-state index in [2.05, 4.69) is 0 Å². The third kappa shape index (κ3) is 4.41. The number of fused-ring (bicyclic) bond motifs is 1. The number of rotatable bonds is 6. The van der Waals surface area contributed by atoms with Gasteiger partial charge in [0.25, 0.3) is 5.69 Å². The fraction of sp³-hybridized carbons (Fsp3) is 0.148. The number of Topliss-reactive ketones (excluding diaryl/α,β-unsaturated/α-hetero) is 1. The van der Waals surface area contributed by atoms with Crippen molar-refractivity contribution in [1.29, 1.82) is 0 Å². The van der Waals surface area contributed by atoms with Gasteiger partial charge in [0.1, 0.15) is 0 Å². The fourth-order valence-electron chi connectivity index (χ4n) is 4.02. The lowest BCUT2D eigenvalue weighted by molar-refractivity contribution is -0.384. The Morgan fingerprint density at radius 1 is 0.853 bits per heavy atom. The number of carbonyl (C=O) groups excluding carboxylic acids is 1. The van der Waals surface area contributed by atoms with Gasteiger partial charge in [0.2, 0.25) is 5.75 Å². The summed E-state index contributed by atoms with van der Waals surface area (Å²) in [5.74, 6) is 1.37. The molecule has 34 heavy (non-hydrogen) atoms. The van der Waals surface area contributed by atoms with Crippen LogP contribution in [0.4, 0.5) is 5.69 Å². The molecule has 0 aromatic heterocycles. The van der Waals surface area contributed by atoms with Gasteiger partial charge in [-0.1, -0.05) is 24.3 Å². The van der Waals surface area contributed by atoms with Gasteiger partial charge in [-0.3, -0.25) is 14.9 Å². The van der Waals surface area contributed by atoms with E-state index in [1.807, 2.05) is 30.3 Å². The summed E-state index contributed by atoms with van der Waals surface area (Å²) < 4.78 is 16.3. The highest BCUT2D eigenvalue weighted by atomic mass is 16.6. The van der Waals surface area contributed by atoms with E-state index >= 15 is 0 Å². The van der Waals surface area contributed by atoms with E-state index in [1.54, 1.807) is 44.6 Å². The Kier molecular flexibility index (Phi) is 6.45. The standard InChI is InChI=1S/C27H23NO6/c1-32-24-14-18(15-25(33-2)27(24)34-3)12-20-16-19-6-4-5-7-22(19)23(26(20)29)13-17-8-10-21(11-9-17)28(30)31/h4-15H,16H2,1-3H3/b20-12-,23-13+. The largest absolute Gasteiger partial charge is 0.493 e. The van der Waals surface area contributed by atoms with Crippen molar-refractivity contribution >= 4 is 29.2 Å². The topological polar surface area (TPSA) is 87.9 Å². The molecule has 0 N–H and O–H groups in total. The number of allylic oxidation sites excluding steroid dienone is 2. The molecule has 0 atom stereocenters. The van der Waals surface area contributed by atoms with Crippen LogP contribution in [0.1, 0.15) is 22.3 Å². The number of benzene rings is 3. The number of methoxy groups -OCH3 is 3. The number of ether oxygens (including phenoxy) is 3. The van der Waals surface area contributed by atoms with Crippen molar-refractivity contribution in [1.82, 2.24) is 0 Å². The molecule has 4 rings (SSSR count). The molecule has 3 aromatic rings. The zero-order valence-electron chi connectivity index (χ0n) is 19.0. The third-order valence-corrected chi connectivity index (χ3v) is 5.67. The number of nitrogens with zero attached hydrogens (tertiary/aromatic N) is 1. The minimum absolute atomic E-state index is 0.000469. The highest BCUT2D eigenvalue weighted by molar-refractivity contribution is 6.35. The molecule has 172 valence electrons. The predicted molar refractivity (Wildman–Crippen MR) is 130 cm³/mol. The first-order chi connectivity index (χ1) is 16.4. The second kappa shape index (κ2) is 9.62. The van der Waals surface area contributed by atoms with E-state index in [1.165, 1.54) is 19.2 Å². The molecule has 0 spiro atoms. The maximum Gasteiger partial charge on any atom is 0.269 e. The van der Waals surface area contributed by atoms with Gasteiger partial charge in [-0.25, -0.2) is 0 Å². The van der Waals surface area contributed by atoms with Crippen LogP contribution in [0.2, 0.25) is 0 Å². The molecule has 0 saturated carbocycles. The quantitative estimate of drug-likeness (QED) is 0.281. The van der Waals surface area contributed by atoms with E-state index < -0.39 is 4.92 Å². The SMILES string of the molecule is COc1cc(/C=C2/Cc3ccccc3/C(=C\c3ccc([N+](=O)[O-])cc3)C2=O)cc(OC)c1OC. The van der Waals surface area contributed by atoms with Crippen molar-refractivity contribution in [3.63, 3.8) is 0 Å². The molecule has 0 saturated heterocycles. The van der Waals surface area contributed by atoms with Gasteiger partial charge in [0.15, 0.2) is 17.3 Å². The van der Waals surface area contributed by atoms with Crippen LogP contribution in [0, 0.1) is 10.1 Å². The van der Waals surface area contributed by atoms with Crippen LogP contribution in [0.5, 0.6) is 17.2 Å². The van der Waals surface area contributed by atoms with E-state index in [9.17, 15) is 14.9 Å². The third-order valence-electron chi connectivity index (χ3n) is 5.67. The number of hydrogen-bond acceptors (Lipinski definition) is 6. The first kappa shape index (κ1) is 22.8. The summed E-state index contributed by atoms with van der Waals surface area (Å²) in [5.41, 5.74) is 4.47. The summed E-state index contributed by atoms with van der Waals surface area (Å²) in [6, 6.07) is 17.5. The van der Waals surface area contributed by atoms with Crippen molar-refractivity contribution in [3.05, 3.63) is 98.6 Å². The summed E-state index contributed by atoms with van der Waals surface area (Å²) in [7, 11) is 4.62. The second-order valence-corrected chi connectivity index (χ2v) is 7.70. The molecule has 0 unspecified atom stereocenters. The summed E-state index contributed by atoms with van der Waals surface area (Å²) in [4.78, 5) is 24.1. The molecular weight excluding hydrogens is 434 g/mol. The normalized spacial score (nSPS) is 15.2. The van der Waals surface area contributed by atoms with Crippen LogP contribution < -0.4 is 14.2 Å². The van der Waals surface area contributed by atoms with Crippen molar-refractivity contribution in [3.8, 4) is 17.2 Å². The van der Waals surface area contributed by atoms with Gasteiger partial charge in [-0.15, -0.1) is 0 Å². The lowest BCUT2D eigenvalue weighted by Crippen LogP contribution is -2.16. The number of nitro benzene ring substituents is 1. The zero-order chi connectivity index (χ0) is 24.2. The molecule has 1 aliphatic carbocycles. The first-order valence-electron chi connectivity index (χ1n) is 10.5. The lowest BCUT2D eigenvalue weighted by Gasteiger charge is -2.21. The maximum absolute atomic E-state index is 13.6. The van der Waals surface area contributed by atoms with Crippen LogP contribution >= 0.6 is 0 Å². The number of hydrogen-bond donors (Lipinski definition) is 0. The van der Waals surface area contributed by atoms with Crippen LogP contribution in [-0.4, -0.2) is 32.0 Å². The van der Waals surface area contributed by atoms with Crippen LogP contribution in [0.25, 0.3) is 17.7 Å². The van der Waals surface area contributed by atoms with Gasteiger partial charge in [-0.2, -0.15) is 0 Å². The highest BCUT2D eigenvalue weighted by Crippen LogP contribution is 2.40. The minimum Gasteiger partial charge on any atom is -0.493 e. The lowest BCUT2D eigenvalue weighted by atomic mass is 9.81. The summed E-state index contributed by atoms with van der Waals surface area (Å²) in [6.07, 6.45) is 4.07. The van der Waals surface area contributed by atoms with Crippen LogP contribution in [0.15, 0.2) is 66.2 Å². The smallest absolute Gasteiger partial charge is 0.269 e. The summed E-state index contributed by atoms with van der Waals surface area (Å²) >= 11 is 0. The van der Waals surface area contributed by atoms with Crippen LogP contribution in [0.3, 0.4) is 0 Å². The second-order valence-electron chi connectivity index (χ2n) is 7.70. The molecule has 0 fully saturated rings. The Bertz CT molecular complexity index is 1300. The van der Waals surface area contributed by atoms with Crippen molar-refractivity contribution in [2.75, 3.05) is 21.3 Å². The Morgan fingerprint density at radius 3 is 2.09 bits per heavy atom. The molecule has 0 heterocycles. The average molecular weight is 457 g/mol. The van der Waals surface area contributed by atoms with Gasteiger partial charge >= 0.3 is 0 Å². The molecule has 3 aromatic carbocycles. The number of nitro groups is 1. The highest BCUT2D eigenvalue weighted by Gasteiger charge is 2.26. The maximum atomic E-state index is 13.6. The van der Waals surface area contributed by atoms with E-state index in [0.717, 1.165) is 16.7 Å². The molecule has 0 radical (unpaired) electrons. The van der Waals surface area contributed by atoms with E-state index in [0.29, 0.717) is 40.4 Å². The molecule has 0 aliphatic heterocycles. The van der Waals surface area contributed by atoms with E-state index in [4.69, 9.17) is 14.2 Å². The predicted octanol–water partition coefficient (Wildman–Crippen LogP) is 5.37. The van der Waals surface area contributed by atoms with Crippen molar-refractivity contribution in [2.24, 2.45) is 0 Å². The Balaban J connectivity index is 1.80. The first-order valence-corrected chi connectivity index (χ1v) is 10.5. The molecule has 7 nitrogen and oxygen atoms in total. The monoisotopic (exact) mass is 457 g/mol. The number of ketones is 1. The molecule has 1 aliphatic rings. The average Bonchev–Trinajstić information content (AvgIpc) is 2.86. The Hall–Kier alpha value is -4.39. The van der Waals surface area contributed by atoms with Gasteiger partial charge in [-0.05, 0) is 58.7 Å². The van der Waals surface area contributed by atoms with Gasteiger partial charge in [0, 0.05) is 29.7 Å². The summed E-state index contributed by atoms with van der Waals surface area (Å²) in [6.45, 7) is 0. The Labute approximate surface area is 197 Å². The number of non-ortho nitro benzene ring substituents is 1. The number of carbonyl (C=O) groups is 1. The van der Waals surface area contributed by atoms with Crippen molar-refractivity contribution < 1.29 is 23.9 Å². The van der Waals surface area contributed by atoms with Gasteiger partial charge in [0.05, 0.1) is 26.3 Å². The van der Waals surface area contributed by atoms with Crippen molar-refractivity contribution in [2.45, 2.75) is 6.42 Å². The van der Waals surface area contributed by atoms with Gasteiger partial charge < -0.3 is 14.2 Å². The minimum atomic E-state index is -0.448. The zero-order valence-corrected chi connectivity index (χ0v) is 19.0. The molecular formula is C27H23NO6. The Morgan fingerprint density at radius 2 is 1.50 bits per heavy atom. The van der Waals surface area contributed by atoms with E-state index in [-0.39, 0.29) is 11.5 Å². The molecule has 7 heteroatoms.